The number of carbonyl (C=O) groups excluding carboxylic acids is 1. The van der Waals surface area contributed by atoms with E-state index in [4.69, 9.17) is 17.0 Å². The van der Waals surface area contributed by atoms with Crippen LogP contribution in [0.5, 0.6) is 0 Å². The fourth-order valence-corrected chi connectivity index (χ4v) is 4.01. The predicted molar refractivity (Wildman–Crippen MR) is 113 cm³/mol. The first-order valence-corrected chi connectivity index (χ1v) is 9.91. The molecule has 156 valence electrons. The highest BCUT2D eigenvalue weighted by Gasteiger charge is 2.47. The first-order chi connectivity index (χ1) is 14.4. The van der Waals surface area contributed by atoms with Gasteiger partial charge in [-0.3, -0.25) is 10.1 Å². The third-order valence-corrected chi connectivity index (χ3v) is 5.51. The first kappa shape index (κ1) is 21.8. The number of aliphatic hydroxyl groups is 1. The summed E-state index contributed by atoms with van der Waals surface area (Å²) in [6.07, 6.45) is 0.293. The first-order valence-electron chi connectivity index (χ1n) is 9.50. The summed E-state index contributed by atoms with van der Waals surface area (Å²) >= 11 is 5.35. The van der Waals surface area contributed by atoms with Gasteiger partial charge in [-0.05, 0) is 55.9 Å². The lowest BCUT2D eigenvalue weighted by Crippen LogP contribution is -2.61. The molecule has 6 nitrogen and oxygen atoms in total. The Bertz CT molecular complexity index is 979. The molecule has 0 spiro atoms. The predicted octanol–water partition coefficient (Wildman–Crippen LogP) is 2.61. The molecule has 0 aromatic heterocycles. The number of halogens is 1. The van der Waals surface area contributed by atoms with Gasteiger partial charge in [0.2, 0.25) is 0 Å². The summed E-state index contributed by atoms with van der Waals surface area (Å²) in [4.78, 5) is 12.5. The molecule has 0 unspecified atom stereocenters. The van der Waals surface area contributed by atoms with Gasteiger partial charge in [-0.25, -0.2) is 4.39 Å². The van der Waals surface area contributed by atoms with Crippen LogP contribution in [-0.4, -0.2) is 35.4 Å². The van der Waals surface area contributed by atoms with Crippen LogP contribution in [0.2, 0.25) is 0 Å². The Morgan fingerprint density at radius 1 is 1.37 bits per heavy atom. The molecule has 30 heavy (non-hydrogen) atoms. The summed E-state index contributed by atoms with van der Waals surface area (Å²) in [6.45, 7) is 1.61. The van der Waals surface area contributed by atoms with Gasteiger partial charge in [-0.1, -0.05) is 18.2 Å². The zero-order chi connectivity index (χ0) is 21.7. The van der Waals surface area contributed by atoms with E-state index >= 15 is 0 Å². The Kier molecular flexibility index (Phi) is 6.77. The average molecular weight is 428 g/mol. The number of nitrogens with one attached hydrogen (secondary N) is 2. The molecule has 0 aliphatic carbocycles. The zero-order valence-corrected chi connectivity index (χ0v) is 17.2. The zero-order valence-electron chi connectivity index (χ0n) is 16.4. The van der Waals surface area contributed by atoms with Crippen molar-refractivity contribution < 1.29 is 19.0 Å². The summed E-state index contributed by atoms with van der Waals surface area (Å²) in [5.74, 6) is -1.44. The minimum Gasteiger partial charge on any atom is -0.396 e. The van der Waals surface area contributed by atoms with E-state index in [0.717, 1.165) is 0 Å². The van der Waals surface area contributed by atoms with E-state index in [1.165, 1.54) is 18.2 Å². The summed E-state index contributed by atoms with van der Waals surface area (Å²) in [5.41, 5.74) is -0.411. The van der Waals surface area contributed by atoms with E-state index in [1.54, 1.807) is 30.3 Å². The van der Waals surface area contributed by atoms with Gasteiger partial charge in [0.25, 0.3) is 5.91 Å². The molecule has 3 N–H and O–H groups in total. The number of hydrogen-bond acceptors (Lipinski definition) is 5. The number of benzene rings is 2. The number of aliphatic hydroxyl groups excluding tert-OH is 1. The lowest BCUT2D eigenvalue weighted by Gasteiger charge is -2.46. The second kappa shape index (κ2) is 9.30. The monoisotopic (exact) mass is 427 g/mol. The number of carbonyl (C=O) groups is 1. The van der Waals surface area contributed by atoms with Gasteiger partial charge >= 0.3 is 0 Å². The number of ether oxygens (including phenoxy) is 1. The van der Waals surface area contributed by atoms with Crippen LogP contribution in [0.25, 0.3) is 0 Å². The van der Waals surface area contributed by atoms with Crippen molar-refractivity contribution in [2.75, 3.05) is 13.2 Å². The van der Waals surface area contributed by atoms with Crippen LogP contribution in [0.3, 0.4) is 0 Å². The summed E-state index contributed by atoms with van der Waals surface area (Å²) < 4.78 is 20.7. The molecule has 1 aliphatic heterocycles. The van der Waals surface area contributed by atoms with Crippen molar-refractivity contribution in [1.82, 2.24) is 10.6 Å². The van der Waals surface area contributed by atoms with Crippen LogP contribution in [-0.2, 0) is 10.3 Å². The van der Waals surface area contributed by atoms with Gasteiger partial charge in [-0.15, -0.1) is 0 Å². The Morgan fingerprint density at radius 3 is 2.77 bits per heavy atom. The Balaban J connectivity index is 1.95. The van der Waals surface area contributed by atoms with Crippen LogP contribution in [0.15, 0.2) is 48.5 Å². The molecule has 2 aromatic rings. The van der Waals surface area contributed by atoms with E-state index in [1.807, 2.05) is 13.0 Å². The smallest absolute Gasteiger partial charge is 0.257 e. The maximum absolute atomic E-state index is 14.9. The molecular weight excluding hydrogens is 405 g/mol. The number of amides is 1. The number of rotatable bonds is 4. The molecule has 2 aromatic carbocycles. The van der Waals surface area contributed by atoms with E-state index in [9.17, 15) is 19.6 Å². The van der Waals surface area contributed by atoms with Crippen molar-refractivity contribution in [3.8, 4) is 6.07 Å². The largest absolute Gasteiger partial charge is 0.396 e. The van der Waals surface area contributed by atoms with Gasteiger partial charge in [0, 0.05) is 23.7 Å². The van der Waals surface area contributed by atoms with Gasteiger partial charge in [-0.2, -0.15) is 5.26 Å². The van der Waals surface area contributed by atoms with E-state index in [-0.39, 0.29) is 35.6 Å². The number of nitrogens with zero attached hydrogens (tertiary/aromatic N) is 1. The SMILES string of the molecule is C[C@H]1C[C@@H](CO)[C@](NC(=S)NC(=O)c2ccccc2)(c2cc(C#N)ccc2F)CO1. The highest BCUT2D eigenvalue weighted by Crippen LogP contribution is 2.39. The maximum Gasteiger partial charge on any atom is 0.257 e. The lowest BCUT2D eigenvalue weighted by molar-refractivity contribution is -0.0758. The third-order valence-electron chi connectivity index (χ3n) is 5.30. The Hall–Kier alpha value is -2.86. The van der Waals surface area contributed by atoms with Crippen LogP contribution < -0.4 is 10.6 Å². The molecule has 3 rings (SSSR count). The molecule has 0 saturated carbocycles. The van der Waals surface area contributed by atoms with Crippen molar-refractivity contribution in [1.29, 1.82) is 5.26 Å². The summed E-state index contributed by atoms with van der Waals surface area (Å²) in [6, 6.07) is 14.5. The number of hydrogen-bond donors (Lipinski definition) is 3. The summed E-state index contributed by atoms with van der Waals surface area (Å²) in [5, 5.41) is 25.0. The van der Waals surface area contributed by atoms with Gasteiger partial charge in [0.05, 0.1) is 29.9 Å². The van der Waals surface area contributed by atoms with Gasteiger partial charge in [0.15, 0.2) is 5.11 Å². The minimum absolute atomic E-state index is 0.00649. The van der Waals surface area contributed by atoms with Crippen molar-refractivity contribution in [2.24, 2.45) is 5.92 Å². The van der Waals surface area contributed by atoms with Crippen LogP contribution in [0.1, 0.15) is 34.8 Å². The quantitative estimate of drug-likeness (QED) is 0.650. The lowest BCUT2D eigenvalue weighted by atomic mass is 9.74. The van der Waals surface area contributed by atoms with Crippen molar-refractivity contribution in [3.63, 3.8) is 0 Å². The second-order valence-corrected chi connectivity index (χ2v) is 7.70. The number of nitriles is 1. The van der Waals surface area contributed by atoms with Crippen LogP contribution in [0, 0.1) is 23.1 Å². The molecule has 1 fully saturated rings. The average Bonchev–Trinajstić information content (AvgIpc) is 2.76. The van der Waals surface area contributed by atoms with Crippen LogP contribution >= 0.6 is 12.2 Å². The van der Waals surface area contributed by atoms with Gasteiger partial charge in [0.1, 0.15) is 5.82 Å². The third kappa shape index (κ3) is 4.49. The van der Waals surface area contributed by atoms with E-state index in [2.05, 4.69) is 10.6 Å². The molecule has 1 aliphatic rings. The summed E-state index contributed by atoms with van der Waals surface area (Å²) in [7, 11) is 0. The Labute approximate surface area is 179 Å². The topological polar surface area (TPSA) is 94.4 Å². The molecule has 1 amide bonds. The molecule has 0 radical (unpaired) electrons. The molecule has 0 bridgehead atoms. The maximum atomic E-state index is 14.9. The van der Waals surface area contributed by atoms with Crippen molar-refractivity contribution in [2.45, 2.75) is 25.0 Å². The van der Waals surface area contributed by atoms with E-state index in [0.29, 0.717) is 12.0 Å². The highest BCUT2D eigenvalue weighted by atomic mass is 32.1. The van der Waals surface area contributed by atoms with Crippen LogP contribution in [0.4, 0.5) is 4.39 Å². The minimum atomic E-state index is -1.25. The van der Waals surface area contributed by atoms with Crippen molar-refractivity contribution >= 4 is 23.2 Å². The number of thiocarbonyl (C=S) groups is 1. The van der Waals surface area contributed by atoms with E-state index < -0.39 is 23.2 Å². The standard InChI is InChI=1S/C22H22FN3O3S/c1-14-9-17(12-27)22(13-29-14,18-10-15(11-24)7-8-19(18)23)26-21(30)25-20(28)16-5-3-2-4-6-16/h2-8,10,14,17,27H,9,12-13H2,1H3,(H2,25,26,28,30)/t14-,17-,22-/m0/s1. The van der Waals surface area contributed by atoms with Gasteiger partial charge < -0.3 is 15.2 Å². The fourth-order valence-electron chi connectivity index (χ4n) is 3.73. The Morgan fingerprint density at radius 2 is 2.10 bits per heavy atom. The highest BCUT2D eigenvalue weighted by molar-refractivity contribution is 7.80. The molecule has 3 atom stereocenters. The second-order valence-electron chi connectivity index (χ2n) is 7.29. The normalized spacial score (nSPS) is 23.3. The van der Waals surface area contributed by atoms with Crippen molar-refractivity contribution in [3.05, 3.63) is 71.0 Å². The molecule has 1 saturated heterocycles. The molecule has 8 heteroatoms. The fraction of sp³-hybridized carbons (Fsp3) is 0.318. The molecular formula is C22H22FN3O3S. The molecule has 1 heterocycles.